The molecule has 0 saturated carbocycles. The van der Waals surface area contributed by atoms with E-state index in [4.69, 9.17) is 4.74 Å². The van der Waals surface area contributed by atoms with Crippen molar-refractivity contribution >= 4 is 34.7 Å². The molecule has 11 heteroatoms. The fraction of sp³-hybridized carbons (Fsp3) is 0.545. The van der Waals surface area contributed by atoms with E-state index in [0.717, 1.165) is 16.7 Å². The van der Waals surface area contributed by atoms with Gasteiger partial charge in [0.25, 0.3) is 5.91 Å². The van der Waals surface area contributed by atoms with Gasteiger partial charge in [0.2, 0.25) is 11.0 Å². The van der Waals surface area contributed by atoms with Crippen LogP contribution in [0, 0.1) is 0 Å². The molecule has 0 radical (unpaired) electrons. The van der Waals surface area contributed by atoms with Crippen molar-refractivity contribution in [1.29, 1.82) is 0 Å². The Labute approximate surface area is 196 Å². The average Bonchev–Trinajstić information content (AvgIpc) is 2.74. The van der Waals surface area contributed by atoms with Crippen LogP contribution in [0.3, 0.4) is 0 Å². The summed E-state index contributed by atoms with van der Waals surface area (Å²) in [7, 11) is 1.40. The number of aliphatic hydroxyl groups excluding tert-OH is 1. The van der Waals surface area contributed by atoms with Crippen LogP contribution in [0.5, 0.6) is 11.5 Å². The molecule has 10 nitrogen and oxygen atoms in total. The van der Waals surface area contributed by atoms with Crippen molar-refractivity contribution < 1.29 is 39.2 Å². The van der Waals surface area contributed by atoms with Crippen LogP contribution >= 0.6 is 11.8 Å². The van der Waals surface area contributed by atoms with Crippen LogP contribution in [0.4, 0.5) is 0 Å². The van der Waals surface area contributed by atoms with E-state index < -0.39 is 30.0 Å². The fourth-order valence-electron chi connectivity index (χ4n) is 3.30. The van der Waals surface area contributed by atoms with Gasteiger partial charge in [-0.25, -0.2) is 0 Å². The maximum absolute atomic E-state index is 12.9. The summed E-state index contributed by atoms with van der Waals surface area (Å²) in [6, 6.07) is 2.46. The van der Waals surface area contributed by atoms with E-state index >= 15 is 0 Å². The van der Waals surface area contributed by atoms with E-state index in [2.05, 4.69) is 0 Å². The third-order valence-corrected chi connectivity index (χ3v) is 6.44. The highest BCUT2D eigenvalue weighted by atomic mass is 32.2. The second-order valence-electron chi connectivity index (χ2n) is 7.73. The minimum atomic E-state index is -1.46. The van der Waals surface area contributed by atoms with Gasteiger partial charge in [-0.05, 0) is 38.0 Å². The molecule has 1 aliphatic heterocycles. The molecule has 1 aromatic carbocycles. The van der Waals surface area contributed by atoms with E-state index in [9.17, 15) is 34.5 Å². The van der Waals surface area contributed by atoms with Gasteiger partial charge in [0, 0.05) is 25.8 Å². The van der Waals surface area contributed by atoms with Gasteiger partial charge >= 0.3 is 5.97 Å². The van der Waals surface area contributed by atoms with Crippen molar-refractivity contribution in [3.63, 3.8) is 0 Å². The molecule has 2 rings (SSSR count). The lowest BCUT2D eigenvalue weighted by Gasteiger charge is -2.42. The topological polar surface area (TPSA) is 145 Å². The number of aliphatic hydroxyl groups is 1. The second kappa shape index (κ2) is 11.9. The number of esters is 1. The number of rotatable bonds is 10. The molecule has 1 aliphatic rings. The number of thioether (sulfide) groups is 1. The smallest absolute Gasteiger partial charge is 0.306 e. The van der Waals surface area contributed by atoms with E-state index in [1.807, 2.05) is 0 Å². The molecule has 3 unspecified atom stereocenters. The Morgan fingerprint density at radius 3 is 2.52 bits per heavy atom. The molecule has 33 heavy (non-hydrogen) atoms. The third-order valence-electron chi connectivity index (χ3n) is 5.47. The predicted octanol–water partition coefficient (Wildman–Crippen LogP) is 0.662. The van der Waals surface area contributed by atoms with Crippen LogP contribution in [0.25, 0.3) is 0 Å². The van der Waals surface area contributed by atoms with Crippen LogP contribution in [0.1, 0.15) is 32.3 Å². The third kappa shape index (κ3) is 6.84. The van der Waals surface area contributed by atoms with Crippen molar-refractivity contribution in [2.45, 2.75) is 51.3 Å². The lowest BCUT2D eigenvalue weighted by atomic mass is 10.0. The molecular weight excluding hydrogens is 452 g/mol. The van der Waals surface area contributed by atoms with Crippen molar-refractivity contribution in [3.8, 4) is 11.5 Å². The Bertz CT molecular complexity index is 893. The van der Waals surface area contributed by atoms with Crippen LogP contribution in [0.2, 0.25) is 0 Å². The van der Waals surface area contributed by atoms with Gasteiger partial charge in [-0.2, -0.15) is 0 Å². The summed E-state index contributed by atoms with van der Waals surface area (Å²) in [5.41, 5.74) is 0.437. The number of phenols is 2. The molecule has 182 valence electrons. The van der Waals surface area contributed by atoms with Gasteiger partial charge in [-0.3, -0.25) is 19.2 Å². The van der Waals surface area contributed by atoms with Gasteiger partial charge in [0.1, 0.15) is 18.2 Å². The summed E-state index contributed by atoms with van der Waals surface area (Å²) in [4.78, 5) is 51.8. The SMILES string of the molecule is CCOC(=O)CCSC(=O)C1CCN1C(=O)C(C)N(C)C(=O)C(O)Cc1ccc(O)c(O)c1. The minimum Gasteiger partial charge on any atom is -0.504 e. The molecule has 1 heterocycles. The minimum absolute atomic E-state index is 0.106. The zero-order chi connectivity index (χ0) is 24.7. The number of likely N-dealkylation sites (N-methyl/N-ethyl adjacent to an activating group) is 1. The number of phenolic OH excluding ortho intramolecular Hbond substituents is 2. The first-order chi connectivity index (χ1) is 15.6. The molecule has 1 fully saturated rings. The number of ether oxygens (including phenoxy) is 1. The number of benzene rings is 1. The highest BCUT2D eigenvalue weighted by molar-refractivity contribution is 8.13. The van der Waals surface area contributed by atoms with Crippen LogP contribution in [0.15, 0.2) is 18.2 Å². The summed E-state index contributed by atoms with van der Waals surface area (Å²) in [6.07, 6.45) is -0.954. The molecule has 1 saturated heterocycles. The Balaban J connectivity index is 1.89. The summed E-state index contributed by atoms with van der Waals surface area (Å²) in [6.45, 7) is 3.88. The van der Waals surface area contributed by atoms with Gasteiger partial charge < -0.3 is 29.9 Å². The lowest BCUT2D eigenvalue weighted by molar-refractivity contribution is -0.154. The maximum atomic E-state index is 12.9. The van der Waals surface area contributed by atoms with Gasteiger partial charge in [0.15, 0.2) is 11.5 Å². The Hall–Kier alpha value is -2.79. The quantitative estimate of drug-likeness (QED) is 0.323. The van der Waals surface area contributed by atoms with E-state index in [1.165, 1.54) is 37.1 Å². The molecule has 0 aliphatic carbocycles. The zero-order valence-electron chi connectivity index (χ0n) is 18.9. The predicted molar refractivity (Wildman–Crippen MR) is 121 cm³/mol. The first kappa shape index (κ1) is 26.5. The molecule has 0 aromatic heterocycles. The van der Waals surface area contributed by atoms with E-state index in [1.54, 1.807) is 6.92 Å². The van der Waals surface area contributed by atoms with Gasteiger partial charge in [-0.15, -0.1) is 0 Å². The fourth-order valence-corrected chi connectivity index (χ4v) is 4.21. The number of carbonyl (C=O) groups excluding carboxylic acids is 4. The number of carbonyl (C=O) groups is 4. The van der Waals surface area contributed by atoms with Crippen molar-refractivity contribution in [2.75, 3.05) is 26.0 Å². The van der Waals surface area contributed by atoms with E-state index in [-0.39, 0.29) is 47.8 Å². The first-order valence-electron chi connectivity index (χ1n) is 10.6. The summed E-state index contributed by atoms with van der Waals surface area (Å²) >= 11 is 0.978. The lowest BCUT2D eigenvalue weighted by Crippen LogP contribution is -2.60. The monoisotopic (exact) mass is 482 g/mol. The number of hydrogen-bond donors (Lipinski definition) is 3. The average molecular weight is 483 g/mol. The summed E-state index contributed by atoms with van der Waals surface area (Å²) < 4.78 is 4.82. The Morgan fingerprint density at radius 2 is 1.94 bits per heavy atom. The van der Waals surface area contributed by atoms with E-state index in [0.29, 0.717) is 18.5 Å². The summed E-state index contributed by atoms with van der Waals surface area (Å²) in [5.74, 6) is -1.88. The van der Waals surface area contributed by atoms with Crippen molar-refractivity contribution in [3.05, 3.63) is 23.8 Å². The normalized spacial score (nSPS) is 17.0. The standard InChI is InChI=1S/C22H30N2O8S/c1-4-32-19(28)8-10-33-22(31)15-7-9-24(15)20(29)13(2)23(3)21(30)18(27)12-14-5-6-16(25)17(26)11-14/h5-6,11,13,15,18,25-27H,4,7-10,12H2,1-3H3. The highest BCUT2D eigenvalue weighted by Gasteiger charge is 2.41. The molecular formula is C22H30N2O8S. The number of hydrogen-bond acceptors (Lipinski definition) is 9. The van der Waals surface area contributed by atoms with Crippen LogP contribution in [-0.4, -0.2) is 92.2 Å². The molecule has 3 atom stereocenters. The molecule has 2 amide bonds. The second-order valence-corrected chi connectivity index (χ2v) is 8.83. The molecule has 1 aromatic rings. The maximum Gasteiger partial charge on any atom is 0.306 e. The van der Waals surface area contributed by atoms with Gasteiger partial charge in [-0.1, -0.05) is 17.8 Å². The molecule has 3 N–H and O–H groups in total. The highest BCUT2D eigenvalue weighted by Crippen LogP contribution is 2.27. The summed E-state index contributed by atoms with van der Waals surface area (Å²) in [5, 5.41) is 29.0. The largest absolute Gasteiger partial charge is 0.504 e. The molecule has 0 spiro atoms. The van der Waals surface area contributed by atoms with Gasteiger partial charge in [0.05, 0.1) is 13.0 Å². The Morgan fingerprint density at radius 1 is 1.24 bits per heavy atom. The number of likely N-dealkylation sites (tertiary alicyclic amines) is 1. The molecule has 0 bridgehead atoms. The van der Waals surface area contributed by atoms with Crippen molar-refractivity contribution in [2.24, 2.45) is 0 Å². The number of aromatic hydroxyl groups is 2. The van der Waals surface area contributed by atoms with Crippen LogP contribution in [-0.2, 0) is 30.3 Å². The Kier molecular flexibility index (Phi) is 9.54. The van der Waals surface area contributed by atoms with Crippen LogP contribution < -0.4 is 0 Å². The zero-order valence-corrected chi connectivity index (χ0v) is 19.7. The number of nitrogens with zero attached hydrogens (tertiary/aromatic N) is 2. The number of amides is 2. The first-order valence-corrected chi connectivity index (χ1v) is 11.6. The van der Waals surface area contributed by atoms with Crippen molar-refractivity contribution in [1.82, 2.24) is 9.80 Å².